The van der Waals surface area contributed by atoms with Crippen molar-refractivity contribution in [3.8, 4) is 16.9 Å². The number of hydrogen-bond donors (Lipinski definition) is 2. The molecule has 0 aliphatic carbocycles. The quantitative estimate of drug-likeness (QED) is 0.0903. The van der Waals surface area contributed by atoms with Crippen molar-refractivity contribution in [3.05, 3.63) is 113 Å². The van der Waals surface area contributed by atoms with E-state index in [9.17, 15) is 24.0 Å². The van der Waals surface area contributed by atoms with Crippen molar-refractivity contribution in [2.24, 2.45) is 19.1 Å². The van der Waals surface area contributed by atoms with Crippen LogP contribution in [0, 0.1) is 6.92 Å². The van der Waals surface area contributed by atoms with Crippen LogP contribution in [-0.4, -0.2) is 73.7 Å². The third kappa shape index (κ3) is 9.15. The molecule has 0 bridgehead atoms. The lowest BCUT2D eigenvalue weighted by Crippen LogP contribution is -2.43. The summed E-state index contributed by atoms with van der Waals surface area (Å²) in [4.78, 5) is 74.7. The number of aromatic nitrogens is 3. The molecule has 13 nitrogen and oxygen atoms in total. The monoisotopic (exact) mass is 781 g/mol. The average Bonchev–Trinajstić information content (AvgIpc) is 3.74. The van der Waals surface area contributed by atoms with Crippen LogP contribution in [-0.2, 0) is 36.5 Å². The van der Waals surface area contributed by atoms with Gasteiger partial charge < -0.3 is 29.4 Å². The fourth-order valence-electron chi connectivity index (χ4n) is 7.42. The van der Waals surface area contributed by atoms with Gasteiger partial charge in [-0.1, -0.05) is 36.4 Å². The number of piperidine rings is 1. The van der Waals surface area contributed by atoms with Crippen LogP contribution in [0.1, 0.15) is 87.2 Å². The molecule has 1 fully saturated rings. The zero-order chi connectivity index (χ0) is 40.9. The first-order chi connectivity index (χ1) is 27.9. The van der Waals surface area contributed by atoms with E-state index in [1.54, 1.807) is 41.4 Å². The summed E-state index contributed by atoms with van der Waals surface area (Å²) in [6.45, 7) is 4.48. The Morgan fingerprint density at radius 3 is 2.36 bits per heavy atom. The van der Waals surface area contributed by atoms with Crippen molar-refractivity contribution in [1.29, 1.82) is 0 Å². The summed E-state index contributed by atoms with van der Waals surface area (Å²) in [5.74, 6) is 0.534. The fourth-order valence-corrected chi connectivity index (χ4v) is 7.42. The highest BCUT2D eigenvalue weighted by molar-refractivity contribution is 6.04. The van der Waals surface area contributed by atoms with Crippen LogP contribution in [0.2, 0.25) is 0 Å². The van der Waals surface area contributed by atoms with Crippen LogP contribution in [0.5, 0.6) is 5.75 Å². The zero-order valence-electron chi connectivity index (χ0n) is 33.2. The van der Waals surface area contributed by atoms with Gasteiger partial charge in [0.15, 0.2) is 11.6 Å². The number of ether oxygens (including phenoxy) is 1. The van der Waals surface area contributed by atoms with Gasteiger partial charge in [-0.25, -0.2) is 4.98 Å². The molecular formula is C45H47N7O6. The first-order valence-corrected chi connectivity index (χ1v) is 19.6. The first-order valence-electron chi connectivity index (χ1n) is 19.6. The van der Waals surface area contributed by atoms with Gasteiger partial charge in [0.25, 0.3) is 11.8 Å². The largest absolute Gasteiger partial charge is 0.493 e. The standard InChI is InChI=1S/C45H47N7O6/c1-28-20-36-37(46-25-35-8-5-6-18-52(35)45(36)57)24-40(28)58-19-7-9-42(55)48-41-27-51(4)43(49-41)39(54)22-31-10-14-32(15-11-31)33-23-38(50(3)26-33)44(56)47-34-16-12-30(13-17-34)21-29(2)53/h10-17,20,23-27,35H,5-9,18-19,21-22H2,1-4H3,(H,47,56)(H,48,55)/t35-/m0/s1. The van der Waals surface area contributed by atoms with Gasteiger partial charge in [0.05, 0.1) is 23.9 Å². The van der Waals surface area contributed by atoms with Crippen LogP contribution in [0.15, 0.2) is 84.1 Å². The smallest absolute Gasteiger partial charge is 0.272 e. The van der Waals surface area contributed by atoms with E-state index in [-0.39, 0.29) is 54.0 Å². The van der Waals surface area contributed by atoms with Gasteiger partial charge in [0, 0.05) is 75.8 Å². The van der Waals surface area contributed by atoms with Gasteiger partial charge in [-0.05, 0) is 86.1 Å². The number of rotatable bonds is 14. The molecule has 13 heteroatoms. The summed E-state index contributed by atoms with van der Waals surface area (Å²) in [6.07, 6.45) is 9.48. The number of imidazole rings is 1. The molecule has 2 N–H and O–H groups in total. The van der Waals surface area contributed by atoms with E-state index in [4.69, 9.17) is 4.74 Å². The average molecular weight is 782 g/mol. The summed E-state index contributed by atoms with van der Waals surface area (Å²) in [7, 11) is 3.52. The molecule has 1 atom stereocenters. The third-order valence-electron chi connectivity index (χ3n) is 10.5. The minimum atomic E-state index is -0.257. The van der Waals surface area contributed by atoms with E-state index in [2.05, 4.69) is 20.6 Å². The molecule has 0 radical (unpaired) electrons. The molecule has 2 aliphatic rings. The van der Waals surface area contributed by atoms with Crippen molar-refractivity contribution in [2.45, 2.75) is 64.8 Å². The molecule has 0 spiro atoms. The molecular weight excluding hydrogens is 735 g/mol. The molecule has 4 heterocycles. The van der Waals surface area contributed by atoms with E-state index < -0.39 is 0 Å². The number of benzene rings is 3. The van der Waals surface area contributed by atoms with Gasteiger partial charge in [-0.15, -0.1) is 0 Å². The highest BCUT2D eigenvalue weighted by Crippen LogP contribution is 2.34. The number of carbonyl (C=O) groups excluding carboxylic acids is 5. The highest BCUT2D eigenvalue weighted by Gasteiger charge is 2.30. The van der Waals surface area contributed by atoms with Crippen molar-refractivity contribution in [1.82, 2.24) is 19.0 Å². The maximum absolute atomic E-state index is 13.3. The van der Waals surface area contributed by atoms with Crippen LogP contribution >= 0.6 is 0 Å². The molecule has 2 aliphatic heterocycles. The number of anilines is 2. The van der Waals surface area contributed by atoms with Gasteiger partial charge >= 0.3 is 0 Å². The van der Waals surface area contributed by atoms with E-state index in [0.717, 1.165) is 53.6 Å². The number of nitrogens with zero attached hydrogens (tertiary/aromatic N) is 5. The molecule has 5 aromatic rings. The number of amides is 3. The van der Waals surface area contributed by atoms with Crippen LogP contribution < -0.4 is 15.4 Å². The Labute approximate surface area is 337 Å². The van der Waals surface area contributed by atoms with Gasteiger partial charge in [-0.3, -0.25) is 29.0 Å². The highest BCUT2D eigenvalue weighted by atomic mass is 16.5. The maximum Gasteiger partial charge on any atom is 0.272 e. The lowest BCUT2D eigenvalue weighted by molar-refractivity contribution is -0.117. The number of nitrogens with one attached hydrogen (secondary N) is 2. The van der Waals surface area contributed by atoms with E-state index in [1.165, 1.54) is 0 Å². The SMILES string of the molecule is CC(=O)Cc1ccc(NC(=O)c2cc(-c3ccc(CC(=O)c4nc(NC(=O)CCCOc5cc6c(cc5C)C(=O)N5CCCC[C@H]5C=N6)cn4C)cc3)cn2C)cc1. The minimum absolute atomic E-state index is 0.00716. The Bertz CT molecular complexity index is 2410. The summed E-state index contributed by atoms with van der Waals surface area (Å²) in [5.41, 5.74) is 6.57. The maximum atomic E-state index is 13.3. The van der Waals surface area contributed by atoms with Gasteiger partial charge in [0.1, 0.15) is 17.2 Å². The van der Waals surface area contributed by atoms with Crippen LogP contribution in [0.25, 0.3) is 11.1 Å². The summed E-state index contributed by atoms with van der Waals surface area (Å²) in [5, 5.41) is 5.70. The second-order valence-corrected chi connectivity index (χ2v) is 15.1. The van der Waals surface area contributed by atoms with Crippen LogP contribution in [0.4, 0.5) is 17.2 Å². The Balaban J connectivity index is 0.885. The summed E-state index contributed by atoms with van der Waals surface area (Å²) < 4.78 is 9.39. The Kier molecular flexibility index (Phi) is 11.8. The number of fused-ring (bicyclic) bond motifs is 2. The molecule has 0 saturated carbocycles. The number of aryl methyl sites for hydroxylation is 3. The number of carbonyl (C=O) groups is 5. The van der Waals surface area contributed by atoms with Crippen molar-refractivity contribution < 1.29 is 28.7 Å². The van der Waals surface area contributed by atoms with Crippen molar-refractivity contribution >= 4 is 52.7 Å². The number of Topliss-reactive ketones (excluding diaryl/α,β-unsaturated/α-hetero) is 2. The predicted molar refractivity (Wildman–Crippen MR) is 222 cm³/mol. The second-order valence-electron chi connectivity index (χ2n) is 15.1. The lowest BCUT2D eigenvalue weighted by atomic mass is 10.0. The van der Waals surface area contributed by atoms with Crippen LogP contribution in [0.3, 0.4) is 0 Å². The first kappa shape index (κ1) is 39.6. The Morgan fingerprint density at radius 2 is 1.60 bits per heavy atom. The van der Waals surface area contributed by atoms with Gasteiger partial charge in [0.2, 0.25) is 11.7 Å². The molecule has 1 saturated heterocycles. The molecule has 0 unspecified atom stereocenters. The normalized spacial score (nSPS) is 14.7. The topological polar surface area (TPSA) is 157 Å². The molecule has 3 aromatic carbocycles. The number of ketones is 2. The van der Waals surface area contributed by atoms with E-state index in [0.29, 0.717) is 53.6 Å². The Hall–Kier alpha value is -6.63. The third-order valence-corrected chi connectivity index (χ3v) is 10.5. The molecule has 3 amide bonds. The fraction of sp³-hybridized carbons (Fsp3) is 0.311. The van der Waals surface area contributed by atoms with Gasteiger partial charge in [-0.2, -0.15) is 0 Å². The number of hydrogen-bond acceptors (Lipinski definition) is 8. The zero-order valence-corrected chi connectivity index (χ0v) is 33.2. The number of aliphatic imine (C=N–C) groups is 1. The van der Waals surface area contributed by atoms with E-state index in [1.807, 2.05) is 85.9 Å². The minimum Gasteiger partial charge on any atom is -0.493 e. The van der Waals surface area contributed by atoms with E-state index >= 15 is 0 Å². The second kappa shape index (κ2) is 17.2. The summed E-state index contributed by atoms with van der Waals surface area (Å²) in [6, 6.07) is 20.3. The molecule has 298 valence electrons. The lowest BCUT2D eigenvalue weighted by Gasteiger charge is -2.32. The van der Waals surface area contributed by atoms with Crippen molar-refractivity contribution in [3.63, 3.8) is 0 Å². The van der Waals surface area contributed by atoms with Crippen molar-refractivity contribution in [2.75, 3.05) is 23.8 Å². The molecule has 2 aromatic heterocycles. The predicted octanol–water partition coefficient (Wildman–Crippen LogP) is 7.05. The Morgan fingerprint density at radius 1 is 0.862 bits per heavy atom. The molecule has 7 rings (SSSR count). The summed E-state index contributed by atoms with van der Waals surface area (Å²) >= 11 is 0. The molecule has 58 heavy (non-hydrogen) atoms.